The molecule has 0 amide bonds. The van der Waals surface area contributed by atoms with Gasteiger partial charge in [0.05, 0.1) is 4.92 Å². The lowest BCUT2D eigenvalue weighted by Gasteiger charge is -2.07. The molecule has 82 valence electrons. The highest BCUT2D eigenvalue weighted by atomic mass is 16.6. The zero-order valence-corrected chi connectivity index (χ0v) is 9.07. The molecule has 0 fully saturated rings. The van der Waals surface area contributed by atoms with E-state index >= 15 is 0 Å². The Bertz CT molecular complexity index is 389. The number of nitrogen functional groups attached to an aromatic ring is 2. The summed E-state index contributed by atoms with van der Waals surface area (Å²) in [5.41, 5.74) is 11.8. The van der Waals surface area contributed by atoms with Crippen LogP contribution >= 0.6 is 0 Å². The quantitative estimate of drug-likeness (QED) is 0.315. The van der Waals surface area contributed by atoms with E-state index in [1.165, 1.54) is 0 Å². The van der Waals surface area contributed by atoms with Gasteiger partial charge in [-0.3, -0.25) is 10.1 Å². The molecular formula is C9H16BN3O2. The zero-order chi connectivity index (χ0) is 14.2. The third-order valence-electron chi connectivity index (χ3n) is 1.88. The van der Waals surface area contributed by atoms with Crippen LogP contribution in [0.15, 0.2) is 6.07 Å². The van der Waals surface area contributed by atoms with Crippen LogP contribution in [0.5, 0.6) is 0 Å². The van der Waals surface area contributed by atoms with E-state index in [4.69, 9.17) is 22.3 Å². The Hall–Kier alpha value is -1.72. The molecule has 1 rings (SSSR count). The molecule has 0 saturated carbocycles. The van der Waals surface area contributed by atoms with E-state index in [0.29, 0.717) is 11.3 Å². The number of rotatable bonds is 1. The van der Waals surface area contributed by atoms with E-state index < -0.39 is 4.92 Å². The van der Waals surface area contributed by atoms with Crippen molar-refractivity contribution >= 4 is 30.4 Å². The van der Waals surface area contributed by atoms with Gasteiger partial charge in [0.2, 0.25) is 0 Å². The van der Waals surface area contributed by atoms with Gasteiger partial charge >= 0.3 is 0 Å². The fourth-order valence-electron chi connectivity index (χ4n) is 1.01. The second kappa shape index (κ2) is 5.24. The van der Waals surface area contributed by atoms with Gasteiger partial charge in [-0.25, -0.2) is 0 Å². The molecule has 5 nitrogen and oxygen atoms in total. The molecule has 15 heavy (non-hydrogen) atoms. The highest BCUT2D eigenvalue weighted by Gasteiger charge is 2.16. The second-order valence-corrected chi connectivity index (χ2v) is 2.69. The van der Waals surface area contributed by atoms with Crippen LogP contribution in [-0.2, 0) is 0 Å². The Morgan fingerprint density at radius 1 is 1.47 bits per heavy atom. The maximum absolute atomic E-state index is 10.5. The van der Waals surface area contributed by atoms with Crippen molar-refractivity contribution in [2.75, 3.05) is 11.5 Å². The summed E-state index contributed by atoms with van der Waals surface area (Å²) in [5, 5.41) is 10.5. The topological polar surface area (TPSA) is 95.2 Å². The minimum atomic E-state index is -0.585. The molecule has 0 spiro atoms. The summed E-state index contributed by atoms with van der Waals surface area (Å²) in [7, 11) is 5.44. The van der Waals surface area contributed by atoms with Gasteiger partial charge in [-0.1, -0.05) is 19.3 Å². The third kappa shape index (κ3) is 2.62. The van der Waals surface area contributed by atoms with Crippen LogP contribution in [0.25, 0.3) is 0 Å². The first-order valence-corrected chi connectivity index (χ1v) is 4.53. The van der Waals surface area contributed by atoms with E-state index in [1.807, 2.05) is 13.8 Å². The third-order valence-corrected chi connectivity index (χ3v) is 1.88. The normalized spacial score (nSPS) is 9.53. The average molecular weight is 211 g/mol. The number of nitrogens with two attached hydrogens (primary N) is 2. The summed E-state index contributed by atoms with van der Waals surface area (Å²) in [6, 6.07) is 1.16. The van der Waals surface area contributed by atoms with E-state index in [-0.39, 0.29) is 16.8 Å². The number of hydrogen-bond donors (Lipinski definition) is 2. The average Bonchev–Trinajstić information content (AvgIpc) is 2.35. The lowest BCUT2D eigenvalue weighted by atomic mass is 9.90. The molecule has 1 aromatic rings. The lowest BCUT2D eigenvalue weighted by Crippen LogP contribution is -2.14. The SMILES string of the molecule is CC.[2H][2H].[B]c1cc([N+](=O)[O-])c(N)c(C)c1N. The summed E-state index contributed by atoms with van der Waals surface area (Å²) < 4.78 is 10.0. The Balaban J connectivity index is 0. The lowest BCUT2D eigenvalue weighted by molar-refractivity contribution is -0.383. The largest absolute Gasteiger partial charge is 0.399 e. The Morgan fingerprint density at radius 3 is 2.33 bits per heavy atom. The molecule has 1 aromatic carbocycles. The minimum absolute atomic E-state index is 0.0664. The predicted molar refractivity (Wildman–Crippen MR) is 65.5 cm³/mol. The van der Waals surface area contributed by atoms with E-state index in [9.17, 15) is 10.1 Å². The number of nitro benzene ring substituents is 1. The molecular weight excluding hydrogens is 193 g/mol. The van der Waals surface area contributed by atoms with Gasteiger partial charge in [-0.05, 0) is 6.92 Å². The number of nitrogens with zero attached hydrogens (tertiary/aromatic N) is 1. The molecule has 0 heterocycles. The summed E-state index contributed by atoms with van der Waals surface area (Å²) in [4.78, 5) is 9.88. The van der Waals surface area contributed by atoms with Crippen molar-refractivity contribution in [1.82, 2.24) is 0 Å². The van der Waals surface area contributed by atoms with Gasteiger partial charge in [-0.15, -0.1) is 0 Å². The monoisotopic (exact) mass is 211 g/mol. The van der Waals surface area contributed by atoms with Crippen LogP contribution in [-0.4, -0.2) is 12.8 Å². The Morgan fingerprint density at radius 2 is 1.93 bits per heavy atom. The summed E-state index contributed by atoms with van der Waals surface area (Å²) in [6.45, 7) is 5.59. The molecule has 0 aromatic heterocycles. The first kappa shape index (κ1) is 11.4. The van der Waals surface area contributed by atoms with Crippen molar-refractivity contribution in [2.24, 2.45) is 0 Å². The van der Waals surface area contributed by atoms with Crippen molar-refractivity contribution in [3.8, 4) is 0 Å². The predicted octanol–water partition coefficient (Wildman–Crippen LogP) is 1.13. The fourth-order valence-corrected chi connectivity index (χ4v) is 1.01. The summed E-state index contributed by atoms with van der Waals surface area (Å²) in [5.74, 6) is 0. The summed E-state index contributed by atoms with van der Waals surface area (Å²) >= 11 is 0. The van der Waals surface area contributed by atoms with Gasteiger partial charge in [0.25, 0.3) is 5.69 Å². The van der Waals surface area contributed by atoms with Crippen molar-refractivity contribution in [3.63, 3.8) is 0 Å². The van der Waals surface area contributed by atoms with Crippen molar-refractivity contribution < 1.29 is 7.89 Å². The van der Waals surface area contributed by atoms with Crippen molar-refractivity contribution in [1.29, 1.82) is 0 Å². The summed E-state index contributed by atoms with van der Waals surface area (Å²) in [6.07, 6.45) is 0. The van der Waals surface area contributed by atoms with Crippen LogP contribution in [0.2, 0.25) is 0 Å². The van der Waals surface area contributed by atoms with Crippen molar-refractivity contribution in [3.05, 3.63) is 21.7 Å². The van der Waals surface area contributed by atoms with Crippen LogP contribution in [0, 0.1) is 17.0 Å². The van der Waals surface area contributed by atoms with E-state index in [0.717, 1.165) is 6.07 Å². The fraction of sp³-hybridized carbons (Fsp3) is 0.333. The van der Waals surface area contributed by atoms with Crippen LogP contribution in [0.1, 0.15) is 22.4 Å². The maximum Gasteiger partial charge on any atom is 0.291 e. The first-order chi connectivity index (χ1) is 7.95. The Labute approximate surface area is 93.1 Å². The first-order valence-electron chi connectivity index (χ1n) is 5.53. The maximum atomic E-state index is 10.5. The minimum Gasteiger partial charge on any atom is -0.399 e. The van der Waals surface area contributed by atoms with Crippen LogP contribution in [0.4, 0.5) is 17.1 Å². The smallest absolute Gasteiger partial charge is 0.291 e. The van der Waals surface area contributed by atoms with Crippen LogP contribution < -0.4 is 16.9 Å². The molecule has 2 radical (unpaired) electrons. The molecule has 0 bridgehead atoms. The molecule has 0 aliphatic carbocycles. The van der Waals surface area contributed by atoms with E-state index in [1.54, 1.807) is 6.92 Å². The zero-order valence-electron chi connectivity index (χ0n) is 11.1. The van der Waals surface area contributed by atoms with Crippen LogP contribution in [0.3, 0.4) is 0 Å². The molecule has 0 aliphatic rings. The van der Waals surface area contributed by atoms with Gasteiger partial charge in [0, 0.05) is 20.3 Å². The molecule has 0 aliphatic heterocycles. The number of hydrogen-bond acceptors (Lipinski definition) is 4. The number of benzene rings is 1. The Kier molecular flexibility index (Phi) is 3.97. The van der Waals surface area contributed by atoms with Gasteiger partial charge in [0.1, 0.15) is 13.5 Å². The number of anilines is 2. The molecule has 4 N–H and O–H groups in total. The molecule has 0 saturated heterocycles. The van der Waals surface area contributed by atoms with Gasteiger partial charge < -0.3 is 11.5 Å². The molecule has 0 atom stereocenters. The van der Waals surface area contributed by atoms with E-state index in [2.05, 4.69) is 0 Å². The highest BCUT2D eigenvalue weighted by molar-refractivity contribution is 6.36. The molecule has 0 unspecified atom stereocenters. The molecule has 6 heteroatoms. The highest BCUT2D eigenvalue weighted by Crippen LogP contribution is 2.26. The number of nitro groups is 1. The van der Waals surface area contributed by atoms with Gasteiger partial charge in [0.15, 0.2) is 0 Å². The van der Waals surface area contributed by atoms with Gasteiger partial charge in [-0.2, -0.15) is 0 Å². The van der Waals surface area contributed by atoms with Crippen molar-refractivity contribution in [2.45, 2.75) is 20.8 Å². The second-order valence-electron chi connectivity index (χ2n) is 2.69. The standard InChI is InChI=1S/C7H8BN3O2.C2H6.H2/c1-3-6(9)4(8)2-5(7(3)10)11(12)13;1-2;/h2H,9-10H2,1H3;1-2H3;1H/i;;1+1D.